The van der Waals surface area contributed by atoms with Crippen LogP contribution in [0, 0.1) is 6.92 Å². The summed E-state index contributed by atoms with van der Waals surface area (Å²) in [6.45, 7) is 3.81. The normalized spacial score (nSPS) is 14.1. The molecular weight excluding hydrogens is 236 g/mol. The summed E-state index contributed by atoms with van der Waals surface area (Å²) in [6, 6.07) is 3.47. The van der Waals surface area contributed by atoms with E-state index in [1.165, 1.54) is 11.8 Å². The lowest BCUT2D eigenvalue weighted by Crippen LogP contribution is -2.41. The molecule has 0 aliphatic carbocycles. The molecule has 0 aliphatic heterocycles. The van der Waals surface area contributed by atoms with Crippen LogP contribution in [0.4, 0.5) is 0 Å². The van der Waals surface area contributed by atoms with Crippen LogP contribution in [-0.4, -0.2) is 40.2 Å². The molecule has 94 valence electrons. The van der Waals surface area contributed by atoms with Crippen LogP contribution in [0.15, 0.2) is 18.3 Å². The quantitative estimate of drug-likeness (QED) is 0.829. The van der Waals surface area contributed by atoms with Crippen molar-refractivity contribution in [3.8, 4) is 0 Å². The maximum atomic E-state index is 11.9. The molecule has 0 saturated heterocycles. The molecule has 2 unspecified atom stereocenters. The Balaban J connectivity index is 2.62. The van der Waals surface area contributed by atoms with E-state index >= 15 is 0 Å². The lowest BCUT2D eigenvalue weighted by molar-refractivity contribution is 0.0935. The average Bonchev–Trinajstić information content (AvgIpc) is 2.31. The Kier molecular flexibility index (Phi) is 5.44. The molecule has 0 aliphatic rings. The molecule has 5 heteroatoms. The maximum absolute atomic E-state index is 11.9. The fourth-order valence-electron chi connectivity index (χ4n) is 1.42. The van der Waals surface area contributed by atoms with Gasteiger partial charge in [0.05, 0.1) is 12.2 Å². The number of rotatable bonds is 5. The first-order chi connectivity index (χ1) is 8.08. The van der Waals surface area contributed by atoms with E-state index in [4.69, 9.17) is 5.11 Å². The van der Waals surface area contributed by atoms with E-state index in [-0.39, 0.29) is 23.8 Å². The molecule has 0 spiro atoms. The van der Waals surface area contributed by atoms with Gasteiger partial charge in [-0.1, -0.05) is 0 Å². The minimum Gasteiger partial charge on any atom is -0.395 e. The van der Waals surface area contributed by atoms with Crippen LogP contribution in [0.25, 0.3) is 0 Å². The molecule has 0 saturated carbocycles. The number of nitrogens with one attached hydrogen (secondary N) is 1. The van der Waals surface area contributed by atoms with Gasteiger partial charge in [0, 0.05) is 23.2 Å². The van der Waals surface area contributed by atoms with Gasteiger partial charge in [0.25, 0.3) is 5.91 Å². The van der Waals surface area contributed by atoms with Crippen molar-refractivity contribution in [1.82, 2.24) is 10.3 Å². The zero-order chi connectivity index (χ0) is 12.8. The third kappa shape index (κ3) is 4.02. The van der Waals surface area contributed by atoms with Gasteiger partial charge in [-0.25, -0.2) is 0 Å². The van der Waals surface area contributed by atoms with Crippen molar-refractivity contribution in [2.45, 2.75) is 25.1 Å². The zero-order valence-electron chi connectivity index (χ0n) is 10.3. The van der Waals surface area contributed by atoms with Gasteiger partial charge in [-0.2, -0.15) is 11.8 Å². The largest absolute Gasteiger partial charge is 0.395 e. The number of aromatic nitrogens is 1. The van der Waals surface area contributed by atoms with Gasteiger partial charge in [0.15, 0.2) is 0 Å². The van der Waals surface area contributed by atoms with Crippen LogP contribution < -0.4 is 5.32 Å². The van der Waals surface area contributed by atoms with E-state index < -0.39 is 0 Å². The summed E-state index contributed by atoms with van der Waals surface area (Å²) < 4.78 is 0. The number of thioether (sulfide) groups is 1. The highest BCUT2D eigenvalue weighted by atomic mass is 32.2. The molecule has 0 fully saturated rings. The van der Waals surface area contributed by atoms with E-state index in [0.717, 1.165) is 5.69 Å². The van der Waals surface area contributed by atoms with Crippen LogP contribution in [0.2, 0.25) is 0 Å². The maximum Gasteiger partial charge on any atom is 0.253 e. The highest BCUT2D eigenvalue weighted by molar-refractivity contribution is 7.99. The van der Waals surface area contributed by atoms with Crippen LogP contribution >= 0.6 is 11.8 Å². The van der Waals surface area contributed by atoms with Gasteiger partial charge >= 0.3 is 0 Å². The monoisotopic (exact) mass is 254 g/mol. The predicted molar refractivity (Wildman–Crippen MR) is 70.3 cm³/mol. The van der Waals surface area contributed by atoms with E-state index in [9.17, 15) is 4.79 Å². The molecule has 0 radical (unpaired) electrons. The summed E-state index contributed by atoms with van der Waals surface area (Å²) in [4.78, 5) is 15.9. The lowest BCUT2D eigenvalue weighted by Gasteiger charge is -2.21. The van der Waals surface area contributed by atoms with Crippen molar-refractivity contribution >= 4 is 17.7 Å². The molecule has 1 heterocycles. The number of aliphatic hydroxyl groups excluding tert-OH is 1. The lowest BCUT2D eigenvalue weighted by atomic mass is 10.2. The number of aryl methyl sites for hydroxylation is 1. The van der Waals surface area contributed by atoms with Gasteiger partial charge < -0.3 is 10.4 Å². The Morgan fingerprint density at radius 2 is 2.29 bits per heavy atom. The minimum atomic E-state index is -0.155. The number of pyridine rings is 1. The third-order valence-corrected chi connectivity index (χ3v) is 3.74. The van der Waals surface area contributed by atoms with Crippen LogP contribution in [0.3, 0.4) is 0 Å². The van der Waals surface area contributed by atoms with Gasteiger partial charge in [-0.15, -0.1) is 0 Å². The van der Waals surface area contributed by atoms with Crippen molar-refractivity contribution < 1.29 is 9.90 Å². The molecule has 2 atom stereocenters. The molecule has 4 nitrogen and oxygen atoms in total. The SMILES string of the molecule is CSC(CO)C(C)NC(=O)c1ccc(C)nc1. The molecule has 0 bridgehead atoms. The molecule has 1 rings (SSSR count). The molecule has 0 aromatic carbocycles. The molecule has 1 amide bonds. The summed E-state index contributed by atoms with van der Waals surface area (Å²) in [5.41, 5.74) is 1.42. The fraction of sp³-hybridized carbons (Fsp3) is 0.500. The summed E-state index contributed by atoms with van der Waals surface area (Å²) in [5.74, 6) is -0.155. The van der Waals surface area contributed by atoms with E-state index in [2.05, 4.69) is 10.3 Å². The number of hydrogen-bond donors (Lipinski definition) is 2. The number of hydrogen-bond acceptors (Lipinski definition) is 4. The first-order valence-electron chi connectivity index (χ1n) is 5.45. The van der Waals surface area contributed by atoms with Crippen LogP contribution in [0.5, 0.6) is 0 Å². The number of carbonyl (C=O) groups excluding carboxylic acids is 1. The van der Waals surface area contributed by atoms with Crippen molar-refractivity contribution in [2.75, 3.05) is 12.9 Å². The smallest absolute Gasteiger partial charge is 0.253 e. The van der Waals surface area contributed by atoms with E-state index in [1.807, 2.05) is 20.1 Å². The average molecular weight is 254 g/mol. The Hall–Kier alpha value is -1.07. The van der Waals surface area contributed by atoms with E-state index in [0.29, 0.717) is 5.56 Å². The molecule has 1 aromatic rings. The van der Waals surface area contributed by atoms with Gasteiger partial charge in [0.2, 0.25) is 0 Å². The Bertz CT molecular complexity index is 363. The Labute approximate surface area is 106 Å². The molecule has 17 heavy (non-hydrogen) atoms. The third-order valence-electron chi connectivity index (χ3n) is 2.57. The second-order valence-corrected chi connectivity index (χ2v) is 4.98. The summed E-state index contributed by atoms with van der Waals surface area (Å²) in [5, 5.41) is 12.0. The highest BCUT2D eigenvalue weighted by Crippen LogP contribution is 2.11. The summed E-state index contributed by atoms with van der Waals surface area (Å²) in [7, 11) is 0. The molecule has 2 N–H and O–H groups in total. The Morgan fingerprint density at radius 1 is 1.59 bits per heavy atom. The first kappa shape index (κ1) is 14.0. The standard InChI is InChI=1S/C12H18N2O2S/c1-8-4-5-10(6-13-8)12(16)14-9(2)11(7-15)17-3/h4-6,9,11,15H,7H2,1-3H3,(H,14,16). The summed E-state index contributed by atoms with van der Waals surface area (Å²) >= 11 is 1.54. The molecular formula is C12H18N2O2S. The number of nitrogens with zero attached hydrogens (tertiary/aromatic N) is 1. The fourth-order valence-corrected chi connectivity index (χ4v) is 2.05. The Morgan fingerprint density at radius 3 is 2.76 bits per heavy atom. The number of amides is 1. The zero-order valence-corrected chi connectivity index (χ0v) is 11.1. The number of carbonyl (C=O) groups is 1. The summed E-state index contributed by atoms with van der Waals surface area (Å²) in [6.07, 6.45) is 3.47. The van der Waals surface area contributed by atoms with Crippen LogP contribution in [0.1, 0.15) is 23.0 Å². The highest BCUT2D eigenvalue weighted by Gasteiger charge is 2.18. The number of aliphatic hydroxyl groups is 1. The topological polar surface area (TPSA) is 62.2 Å². The minimum absolute atomic E-state index is 0.0114. The van der Waals surface area contributed by atoms with Crippen molar-refractivity contribution in [3.05, 3.63) is 29.6 Å². The van der Waals surface area contributed by atoms with Gasteiger partial charge in [-0.05, 0) is 32.2 Å². The predicted octanol–water partition coefficient (Wildman–Crippen LogP) is 1.23. The van der Waals surface area contributed by atoms with Crippen molar-refractivity contribution in [1.29, 1.82) is 0 Å². The second-order valence-electron chi connectivity index (χ2n) is 3.91. The van der Waals surface area contributed by atoms with Crippen molar-refractivity contribution in [2.24, 2.45) is 0 Å². The first-order valence-corrected chi connectivity index (χ1v) is 6.74. The van der Waals surface area contributed by atoms with Gasteiger partial charge in [-0.3, -0.25) is 9.78 Å². The van der Waals surface area contributed by atoms with Crippen molar-refractivity contribution in [3.63, 3.8) is 0 Å². The second kappa shape index (κ2) is 6.61. The van der Waals surface area contributed by atoms with Crippen LogP contribution in [-0.2, 0) is 0 Å². The van der Waals surface area contributed by atoms with Gasteiger partial charge in [0.1, 0.15) is 0 Å². The van der Waals surface area contributed by atoms with E-state index in [1.54, 1.807) is 18.3 Å². The molecule has 1 aromatic heterocycles.